The van der Waals surface area contributed by atoms with Crippen molar-refractivity contribution in [1.82, 2.24) is 4.98 Å². The zero-order valence-corrected chi connectivity index (χ0v) is 7.75. The fraction of sp³-hybridized carbons (Fsp3) is 0.286. The third-order valence-corrected chi connectivity index (χ3v) is 1.95. The van der Waals surface area contributed by atoms with Crippen LogP contribution in [0.25, 0.3) is 0 Å². The van der Waals surface area contributed by atoms with Gasteiger partial charge in [-0.25, -0.2) is 9.37 Å². The van der Waals surface area contributed by atoms with Gasteiger partial charge in [-0.15, -0.1) is 0 Å². The second-order valence-corrected chi connectivity index (χ2v) is 3.01. The van der Waals surface area contributed by atoms with E-state index in [1.807, 2.05) is 0 Å². The quantitative estimate of drug-likeness (QED) is 0.751. The van der Waals surface area contributed by atoms with E-state index in [9.17, 15) is 9.50 Å². The van der Waals surface area contributed by atoms with Crippen molar-refractivity contribution in [2.75, 3.05) is 6.54 Å². The first-order chi connectivity index (χ1) is 5.65. The Labute approximate surface area is 77.5 Å². The topological polar surface area (TPSA) is 59.1 Å². The monoisotopic (exact) mass is 234 g/mol. The molecule has 0 radical (unpaired) electrons. The third-order valence-electron chi connectivity index (χ3n) is 1.39. The van der Waals surface area contributed by atoms with Crippen molar-refractivity contribution >= 4 is 15.9 Å². The van der Waals surface area contributed by atoms with Crippen LogP contribution in [-0.2, 0) is 0 Å². The van der Waals surface area contributed by atoms with Crippen LogP contribution in [0.4, 0.5) is 4.39 Å². The molecule has 0 amide bonds. The highest BCUT2D eigenvalue weighted by Crippen LogP contribution is 2.16. The molecule has 3 N–H and O–H groups in total. The van der Waals surface area contributed by atoms with Crippen LogP contribution in [0.5, 0.6) is 0 Å². The Balaban J connectivity index is 2.96. The van der Waals surface area contributed by atoms with Crippen LogP contribution < -0.4 is 5.73 Å². The van der Waals surface area contributed by atoms with Gasteiger partial charge in [0, 0.05) is 6.54 Å². The summed E-state index contributed by atoms with van der Waals surface area (Å²) in [6.07, 6.45) is -0.832. The summed E-state index contributed by atoms with van der Waals surface area (Å²) in [7, 11) is 0. The lowest BCUT2D eigenvalue weighted by Crippen LogP contribution is -2.13. The van der Waals surface area contributed by atoms with Gasteiger partial charge < -0.3 is 10.8 Å². The lowest BCUT2D eigenvalue weighted by atomic mass is 10.2. The lowest BCUT2D eigenvalue weighted by molar-refractivity contribution is 0.181. The van der Waals surface area contributed by atoms with Crippen molar-refractivity contribution in [3.8, 4) is 0 Å². The van der Waals surface area contributed by atoms with Gasteiger partial charge in [-0.05, 0) is 28.1 Å². The van der Waals surface area contributed by atoms with Crippen LogP contribution in [-0.4, -0.2) is 16.6 Å². The number of nitrogens with zero attached hydrogens (tertiary/aromatic N) is 1. The van der Waals surface area contributed by atoms with Gasteiger partial charge in [0.15, 0.2) is 5.82 Å². The van der Waals surface area contributed by atoms with Crippen LogP contribution in [0.3, 0.4) is 0 Å². The number of nitrogens with two attached hydrogens (primary N) is 1. The molecule has 0 spiro atoms. The van der Waals surface area contributed by atoms with Gasteiger partial charge in [-0.1, -0.05) is 0 Å². The summed E-state index contributed by atoms with van der Waals surface area (Å²) in [4.78, 5) is 3.76. The average Bonchev–Trinajstić information content (AvgIpc) is 2.08. The van der Waals surface area contributed by atoms with Gasteiger partial charge in [0.05, 0.1) is 5.69 Å². The average molecular weight is 235 g/mol. The summed E-state index contributed by atoms with van der Waals surface area (Å²) in [5, 5.41) is 9.21. The maximum Gasteiger partial charge on any atom is 0.155 e. The first-order valence-corrected chi connectivity index (χ1v) is 4.14. The largest absolute Gasteiger partial charge is 0.385 e. The molecule has 1 heterocycles. The molecule has 1 aromatic rings. The molecule has 1 unspecified atom stereocenters. The molecular formula is C7H8BrFN2O. The lowest BCUT2D eigenvalue weighted by Gasteiger charge is -2.06. The Bertz CT molecular complexity index is 282. The number of aliphatic hydroxyl groups is 1. The van der Waals surface area contributed by atoms with Crippen molar-refractivity contribution in [3.05, 3.63) is 28.2 Å². The van der Waals surface area contributed by atoms with E-state index in [1.54, 1.807) is 0 Å². The van der Waals surface area contributed by atoms with Crippen molar-refractivity contribution in [1.29, 1.82) is 0 Å². The highest BCUT2D eigenvalue weighted by atomic mass is 79.9. The highest BCUT2D eigenvalue weighted by Gasteiger charge is 2.08. The Kier molecular flexibility index (Phi) is 3.13. The second-order valence-electron chi connectivity index (χ2n) is 2.26. The van der Waals surface area contributed by atoms with Gasteiger partial charge in [-0.2, -0.15) is 0 Å². The molecule has 0 fully saturated rings. The zero-order chi connectivity index (χ0) is 9.14. The molecule has 0 bridgehead atoms. The fourth-order valence-electron chi connectivity index (χ4n) is 0.738. The number of hydrogen-bond acceptors (Lipinski definition) is 3. The number of rotatable bonds is 2. The van der Waals surface area contributed by atoms with E-state index < -0.39 is 11.9 Å². The molecule has 0 saturated carbocycles. The fourth-order valence-corrected chi connectivity index (χ4v) is 1.07. The SMILES string of the molecule is NCC(O)c1ccc(F)c(Br)n1. The minimum Gasteiger partial charge on any atom is -0.385 e. The van der Waals surface area contributed by atoms with Gasteiger partial charge in [-0.3, -0.25) is 0 Å². The molecule has 5 heteroatoms. The van der Waals surface area contributed by atoms with E-state index in [1.165, 1.54) is 12.1 Å². The minimum atomic E-state index is -0.832. The van der Waals surface area contributed by atoms with E-state index >= 15 is 0 Å². The maximum absolute atomic E-state index is 12.6. The van der Waals surface area contributed by atoms with E-state index in [0.717, 1.165) is 0 Å². The molecule has 0 aliphatic carbocycles. The molecule has 1 rings (SSSR count). The number of pyridine rings is 1. The molecule has 0 aliphatic heterocycles. The Hall–Kier alpha value is -0.520. The predicted octanol–water partition coefficient (Wildman–Crippen LogP) is 0.975. The number of aliphatic hydroxyl groups excluding tert-OH is 1. The molecule has 1 atom stereocenters. The van der Waals surface area contributed by atoms with Gasteiger partial charge >= 0.3 is 0 Å². The summed E-state index contributed by atoms with van der Waals surface area (Å²) in [5.41, 5.74) is 5.56. The van der Waals surface area contributed by atoms with Crippen molar-refractivity contribution in [2.24, 2.45) is 5.73 Å². The normalized spacial score (nSPS) is 13.0. The smallest absolute Gasteiger partial charge is 0.155 e. The van der Waals surface area contributed by atoms with Crippen molar-refractivity contribution in [3.63, 3.8) is 0 Å². The highest BCUT2D eigenvalue weighted by molar-refractivity contribution is 9.10. The molecular weight excluding hydrogens is 227 g/mol. The summed E-state index contributed by atoms with van der Waals surface area (Å²) >= 11 is 2.91. The summed E-state index contributed by atoms with van der Waals surface area (Å²) in [6.45, 7) is 0.0745. The molecule has 1 aromatic heterocycles. The van der Waals surface area contributed by atoms with Crippen LogP contribution in [0.15, 0.2) is 16.7 Å². The zero-order valence-electron chi connectivity index (χ0n) is 6.17. The molecule has 66 valence electrons. The maximum atomic E-state index is 12.6. The van der Waals surface area contributed by atoms with E-state index in [-0.39, 0.29) is 11.1 Å². The van der Waals surface area contributed by atoms with E-state index in [0.29, 0.717) is 5.69 Å². The summed E-state index contributed by atoms with van der Waals surface area (Å²) in [6, 6.07) is 2.63. The van der Waals surface area contributed by atoms with Crippen LogP contribution >= 0.6 is 15.9 Å². The molecule has 0 aliphatic rings. The Morgan fingerprint density at radius 3 is 2.83 bits per heavy atom. The third kappa shape index (κ3) is 2.00. The first-order valence-electron chi connectivity index (χ1n) is 3.35. The van der Waals surface area contributed by atoms with E-state index in [4.69, 9.17) is 5.73 Å². The second kappa shape index (κ2) is 3.93. The van der Waals surface area contributed by atoms with Gasteiger partial charge in [0.2, 0.25) is 0 Å². The standard InChI is InChI=1S/C7H8BrFN2O/c8-7-4(9)1-2-5(11-7)6(12)3-10/h1-2,6,12H,3,10H2. The van der Waals surface area contributed by atoms with E-state index in [2.05, 4.69) is 20.9 Å². The molecule has 0 aromatic carbocycles. The van der Waals surface area contributed by atoms with Crippen LogP contribution in [0, 0.1) is 5.82 Å². The van der Waals surface area contributed by atoms with Crippen LogP contribution in [0.1, 0.15) is 11.8 Å². The molecule has 0 saturated heterocycles. The molecule has 12 heavy (non-hydrogen) atoms. The van der Waals surface area contributed by atoms with Gasteiger partial charge in [0.25, 0.3) is 0 Å². The van der Waals surface area contributed by atoms with Crippen LogP contribution in [0.2, 0.25) is 0 Å². The summed E-state index contributed by atoms with van der Waals surface area (Å²) < 4.78 is 12.7. The van der Waals surface area contributed by atoms with Crippen molar-refractivity contribution < 1.29 is 9.50 Å². The minimum absolute atomic E-state index is 0.0745. The number of aromatic nitrogens is 1. The number of halogens is 2. The number of hydrogen-bond donors (Lipinski definition) is 2. The predicted molar refractivity (Wildman–Crippen MR) is 45.9 cm³/mol. The Morgan fingerprint density at radius 2 is 2.33 bits per heavy atom. The van der Waals surface area contributed by atoms with Crippen molar-refractivity contribution in [2.45, 2.75) is 6.10 Å². The van der Waals surface area contributed by atoms with Gasteiger partial charge in [0.1, 0.15) is 10.7 Å². The first kappa shape index (κ1) is 9.57. The summed E-state index contributed by atoms with van der Waals surface area (Å²) in [5.74, 6) is -0.456. The Morgan fingerprint density at radius 1 is 1.67 bits per heavy atom. The molecule has 3 nitrogen and oxygen atoms in total.